The third-order valence-electron chi connectivity index (χ3n) is 3.65. The van der Waals surface area contributed by atoms with Gasteiger partial charge in [-0.05, 0) is 25.8 Å². The first kappa shape index (κ1) is 16.2. The molecule has 2 atom stereocenters. The number of aliphatic hydroxyl groups is 1. The largest absolute Gasteiger partial charge is 0.462 e. The van der Waals surface area contributed by atoms with Crippen LogP contribution >= 0.6 is 0 Å². The summed E-state index contributed by atoms with van der Waals surface area (Å²) in [4.78, 5) is 26.5. The van der Waals surface area contributed by atoms with Crippen LogP contribution in [0.15, 0.2) is 12.3 Å². The molecule has 1 aliphatic carbocycles. The standard InChI is InChI=1S/C14H19N3O5/c1-2-22-14(19)9-7-8-15-13(12(9)17(20)21)16-10-5-3-4-6-11(10)18/h7-8,10-11,18H,2-6H2,1H3,(H,15,16)/t10-,11-/m0/s1. The molecular formula is C14H19N3O5. The minimum atomic E-state index is -0.760. The summed E-state index contributed by atoms with van der Waals surface area (Å²) in [5.74, 6) is -0.773. The molecule has 0 radical (unpaired) electrons. The monoisotopic (exact) mass is 309 g/mol. The van der Waals surface area contributed by atoms with Crippen molar-refractivity contribution >= 4 is 17.5 Å². The Bertz CT molecular complexity index is 563. The van der Waals surface area contributed by atoms with Gasteiger partial charge in [0.05, 0.1) is 23.7 Å². The summed E-state index contributed by atoms with van der Waals surface area (Å²) < 4.78 is 4.84. The highest BCUT2D eigenvalue weighted by atomic mass is 16.6. The Kier molecular flexibility index (Phi) is 5.26. The molecule has 8 heteroatoms. The van der Waals surface area contributed by atoms with Crippen LogP contribution in [0.5, 0.6) is 0 Å². The molecular weight excluding hydrogens is 290 g/mol. The number of anilines is 1. The van der Waals surface area contributed by atoms with Crippen molar-refractivity contribution < 1.29 is 19.6 Å². The van der Waals surface area contributed by atoms with Gasteiger partial charge in [0.25, 0.3) is 0 Å². The fourth-order valence-electron chi connectivity index (χ4n) is 2.57. The van der Waals surface area contributed by atoms with Gasteiger partial charge in [0.15, 0.2) is 0 Å². The van der Waals surface area contributed by atoms with Gasteiger partial charge in [-0.2, -0.15) is 0 Å². The molecule has 1 aromatic heterocycles. The van der Waals surface area contributed by atoms with E-state index in [0.717, 1.165) is 12.8 Å². The lowest BCUT2D eigenvalue weighted by atomic mass is 9.92. The summed E-state index contributed by atoms with van der Waals surface area (Å²) in [6.07, 6.45) is 3.93. The number of nitrogens with zero attached hydrogens (tertiary/aromatic N) is 2. The van der Waals surface area contributed by atoms with Crippen LogP contribution in [0.4, 0.5) is 11.5 Å². The lowest BCUT2D eigenvalue weighted by molar-refractivity contribution is -0.384. The highest BCUT2D eigenvalue weighted by molar-refractivity contribution is 5.96. The summed E-state index contributed by atoms with van der Waals surface area (Å²) in [5, 5.41) is 24.2. The van der Waals surface area contributed by atoms with Crippen molar-refractivity contribution in [1.29, 1.82) is 0 Å². The molecule has 0 bridgehead atoms. The van der Waals surface area contributed by atoms with Crippen LogP contribution in [0.3, 0.4) is 0 Å². The third-order valence-corrected chi connectivity index (χ3v) is 3.65. The maximum atomic E-state index is 11.8. The van der Waals surface area contributed by atoms with E-state index in [0.29, 0.717) is 12.8 Å². The smallest absolute Gasteiger partial charge is 0.345 e. The van der Waals surface area contributed by atoms with Gasteiger partial charge in [-0.25, -0.2) is 9.78 Å². The number of carbonyl (C=O) groups excluding carboxylic acids is 1. The van der Waals surface area contributed by atoms with Crippen LogP contribution in [-0.4, -0.2) is 39.7 Å². The van der Waals surface area contributed by atoms with Gasteiger partial charge >= 0.3 is 11.7 Å². The second-order valence-electron chi connectivity index (χ2n) is 5.14. The molecule has 0 amide bonds. The number of aromatic nitrogens is 1. The Balaban J connectivity index is 2.32. The van der Waals surface area contributed by atoms with E-state index in [9.17, 15) is 20.0 Å². The SMILES string of the molecule is CCOC(=O)c1ccnc(N[C@H]2CCCC[C@@H]2O)c1[N+](=O)[O-]. The second kappa shape index (κ2) is 7.17. The van der Waals surface area contributed by atoms with Gasteiger partial charge in [-0.1, -0.05) is 12.8 Å². The number of nitro groups is 1. The highest BCUT2D eigenvalue weighted by Crippen LogP contribution is 2.30. The van der Waals surface area contributed by atoms with Crippen LogP contribution < -0.4 is 5.32 Å². The maximum absolute atomic E-state index is 11.8. The fraction of sp³-hybridized carbons (Fsp3) is 0.571. The summed E-state index contributed by atoms with van der Waals surface area (Å²) in [6, 6.07) is 0.955. The van der Waals surface area contributed by atoms with Crippen molar-refractivity contribution in [1.82, 2.24) is 4.98 Å². The van der Waals surface area contributed by atoms with E-state index in [1.165, 1.54) is 12.3 Å². The summed E-state index contributed by atoms with van der Waals surface area (Å²) >= 11 is 0. The molecule has 0 aromatic carbocycles. The van der Waals surface area contributed by atoms with Crippen molar-refractivity contribution in [3.63, 3.8) is 0 Å². The zero-order valence-corrected chi connectivity index (χ0v) is 12.3. The summed E-state index contributed by atoms with van der Waals surface area (Å²) in [5.41, 5.74) is -0.562. The number of ether oxygens (including phenoxy) is 1. The zero-order chi connectivity index (χ0) is 16.1. The first-order valence-electron chi connectivity index (χ1n) is 7.29. The van der Waals surface area contributed by atoms with Crippen LogP contribution in [0.2, 0.25) is 0 Å². The van der Waals surface area contributed by atoms with E-state index < -0.39 is 22.7 Å². The lowest BCUT2D eigenvalue weighted by Crippen LogP contribution is -2.36. The van der Waals surface area contributed by atoms with E-state index in [-0.39, 0.29) is 24.0 Å². The number of aliphatic hydroxyl groups excluding tert-OH is 1. The first-order valence-corrected chi connectivity index (χ1v) is 7.29. The quantitative estimate of drug-likeness (QED) is 0.485. The molecule has 1 fully saturated rings. The molecule has 0 saturated heterocycles. The Morgan fingerprint density at radius 3 is 2.91 bits per heavy atom. The fourth-order valence-corrected chi connectivity index (χ4v) is 2.57. The van der Waals surface area contributed by atoms with Crippen molar-refractivity contribution in [2.45, 2.75) is 44.8 Å². The topological polar surface area (TPSA) is 115 Å². The van der Waals surface area contributed by atoms with E-state index in [2.05, 4.69) is 10.3 Å². The molecule has 0 spiro atoms. The number of pyridine rings is 1. The number of carbonyl (C=O) groups is 1. The Labute approximate surface area is 127 Å². The van der Waals surface area contributed by atoms with Crippen LogP contribution in [-0.2, 0) is 4.74 Å². The highest BCUT2D eigenvalue weighted by Gasteiger charge is 2.30. The van der Waals surface area contributed by atoms with Crippen molar-refractivity contribution in [3.8, 4) is 0 Å². The Hall–Kier alpha value is -2.22. The number of nitrogens with one attached hydrogen (secondary N) is 1. The predicted molar refractivity (Wildman–Crippen MR) is 78.7 cm³/mol. The molecule has 120 valence electrons. The molecule has 1 aromatic rings. The number of hydrogen-bond acceptors (Lipinski definition) is 7. The lowest BCUT2D eigenvalue weighted by Gasteiger charge is -2.28. The summed E-state index contributed by atoms with van der Waals surface area (Å²) in [7, 11) is 0. The molecule has 8 nitrogen and oxygen atoms in total. The molecule has 22 heavy (non-hydrogen) atoms. The second-order valence-corrected chi connectivity index (χ2v) is 5.14. The van der Waals surface area contributed by atoms with Crippen molar-refractivity contribution in [3.05, 3.63) is 27.9 Å². The van der Waals surface area contributed by atoms with Gasteiger partial charge in [0.1, 0.15) is 5.56 Å². The third kappa shape index (κ3) is 3.51. The average molecular weight is 309 g/mol. The minimum Gasteiger partial charge on any atom is -0.462 e. The minimum absolute atomic E-state index is 0.0125. The number of rotatable bonds is 5. The van der Waals surface area contributed by atoms with E-state index in [1.54, 1.807) is 6.92 Å². The molecule has 0 unspecified atom stereocenters. The van der Waals surface area contributed by atoms with Crippen LogP contribution in [0.1, 0.15) is 43.0 Å². The number of esters is 1. The zero-order valence-electron chi connectivity index (χ0n) is 12.3. The van der Waals surface area contributed by atoms with Crippen LogP contribution in [0.25, 0.3) is 0 Å². The first-order chi connectivity index (χ1) is 10.5. The van der Waals surface area contributed by atoms with E-state index in [4.69, 9.17) is 4.74 Å². The Morgan fingerprint density at radius 1 is 1.55 bits per heavy atom. The van der Waals surface area contributed by atoms with Gasteiger partial charge < -0.3 is 15.2 Å². The van der Waals surface area contributed by atoms with E-state index >= 15 is 0 Å². The van der Waals surface area contributed by atoms with Gasteiger partial charge in [0.2, 0.25) is 5.82 Å². The normalized spacial score (nSPS) is 21.2. The molecule has 0 aliphatic heterocycles. The van der Waals surface area contributed by atoms with Crippen LogP contribution in [0, 0.1) is 10.1 Å². The molecule has 1 heterocycles. The molecule has 1 saturated carbocycles. The van der Waals surface area contributed by atoms with Gasteiger partial charge in [-0.15, -0.1) is 0 Å². The van der Waals surface area contributed by atoms with Gasteiger partial charge in [-0.3, -0.25) is 10.1 Å². The summed E-state index contributed by atoms with van der Waals surface area (Å²) in [6.45, 7) is 1.75. The predicted octanol–water partition coefficient (Wildman–Crippen LogP) is 1.88. The molecule has 2 N–H and O–H groups in total. The van der Waals surface area contributed by atoms with Crippen molar-refractivity contribution in [2.24, 2.45) is 0 Å². The number of hydrogen-bond donors (Lipinski definition) is 2. The average Bonchev–Trinajstić information content (AvgIpc) is 2.49. The van der Waals surface area contributed by atoms with Crippen molar-refractivity contribution in [2.75, 3.05) is 11.9 Å². The Morgan fingerprint density at radius 2 is 2.27 bits per heavy atom. The molecule has 2 rings (SSSR count). The maximum Gasteiger partial charge on any atom is 0.345 e. The van der Waals surface area contributed by atoms with E-state index in [1.807, 2.05) is 0 Å². The van der Waals surface area contributed by atoms with Gasteiger partial charge in [0, 0.05) is 6.20 Å². The molecule has 1 aliphatic rings.